The molecule has 7 heteroatoms. The summed E-state index contributed by atoms with van der Waals surface area (Å²) in [6.07, 6.45) is 0. The number of aromatic nitrogens is 2. The fourth-order valence-corrected chi connectivity index (χ4v) is 3.21. The molecule has 0 spiro atoms. The fraction of sp³-hybridized carbons (Fsp3) is 0.0769. The smallest absolute Gasteiger partial charge is 0.258 e. The van der Waals surface area contributed by atoms with E-state index in [2.05, 4.69) is 10.1 Å². The first kappa shape index (κ1) is 13.5. The van der Waals surface area contributed by atoms with Crippen LogP contribution in [0.2, 0.25) is 5.02 Å². The zero-order chi connectivity index (χ0) is 13.9. The van der Waals surface area contributed by atoms with Gasteiger partial charge in [0.1, 0.15) is 0 Å². The van der Waals surface area contributed by atoms with E-state index in [0.717, 1.165) is 10.5 Å². The first-order chi connectivity index (χ1) is 9.72. The maximum absolute atomic E-state index is 5.98. The van der Waals surface area contributed by atoms with Gasteiger partial charge in [-0.3, -0.25) is 0 Å². The molecule has 0 atom stereocenters. The number of nitrogen functional groups attached to an aromatic ring is 1. The van der Waals surface area contributed by atoms with Gasteiger partial charge in [0.25, 0.3) is 5.89 Å². The number of nitrogens with two attached hydrogens (primary N) is 1. The van der Waals surface area contributed by atoms with Crippen molar-refractivity contribution in [2.75, 3.05) is 5.73 Å². The van der Waals surface area contributed by atoms with Crippen molar-refractivity contribution in [1.29, 1.82) is 0 Å². The average molecular weight is 324 g/mol. The molecule has 0 aliphatic carbocycles. The molecule has 0 amide bonds. The summed E-state index contributed by atoms with van der Waals surface area (Å²) in [6.45, 7) is 0. The SMILES string of the molecule is Nc1ccc(SCc2noc(-c3ccsc3)n2)cc1Cl. The largest absolute Gasteiger partial charge is 0.398 e. The van der Waals surface area contributed by atoms with E-state index < -0.39 is 0 Å². The molecule has 2 N–H and O–H groups in total. The topological polar surface area (TPSA) is 64.9 Å². The molecule has 4 nitrogen and oxygen atoms in total. The number of hydrogen-bond donors (Lipinski definition) is 1. The molecule has 0 saturated carbocycles. The summed E-state index contributed by atoms with van der Waals surface area (Å²) in [5.74, 6) is 1.83. The molecule has 0 unspecified atom stereocenters. The molecule has 102 valence electrons. The first-order valence-electron chi connectivity index (χ1n) is 5.75. The van der Waals surface area contributed by atoms with Crippen molar-refractivity contribution < 1.29 is 4.52 Å². The van der Waals surface area contributed by atoms with E-state index in [-0.39, 0.29) is 0 Å². The Bertz CT molecular complexity index is 712. The van der Waals surface area contributed by atoms with Gasteiger partial charge >= 0.3 is 0 Å². The lowest BCUT2D eigenvalue weighted by atomic mass is 10.3. The van der Waals surface area contributed by atoms with E-state index in [1.54, 1.807) is 29.2 Å². The van der Waals surface area contributed by atoms with Crippen LogP contribution >= 0.6 is 34.7 Å². The van der Waals surface area contributed by atoms with Crippen LogP contribution in [0.3, 0.4) is 0 Å². The van der Waals surface area contributed by atoms with Crippen LogP contribution in [0, 0.1) is 0 Å². The van der Waals surface area contributed by atoms with Gasteiger partial charge in [-0.15, -0.1) is 11.8 Å². The number of halogens is 1. The maximum Gasteiger partial charge on any atom is 0.258 e. The van der Waals surface area contributed by atoms with Crippen molar-refractivity contribution >= 4 is 40.4 Å². The predicted octanol–water partition coefficient (Wildman–Crippen LogP) is 4.33. The minimum absolute atomic E-state index is 0.553. The first-order valence-corrected chi connectivity index (χ1v) is 8.06. The monoisotopic (exact) mass is 323 g/mol. The van der Waals surface area contributed by atoms with E-state index in [1.807, 2.05) is 29.0 Å². The minimum atomic E-state index is 0.553. The number of anilines is 1. The molecular weight excluding hydrogens is 314 g/mol. The third-order valence-corrected chi connectivity index (χ3v) is 4.58. The van der Waals surface area contributed by atoms with Gasteiger partial charge in [-0.1, -0.05) is 16.8 Å². The molecule has 0 saturated heterocycles. The molecule has 1 aromatic carbocycles. The van der Waals surface area contributed by atoms with E-state index in [9.17, 15) is 0 Å². The highest BCUT2D eigenvalue weighted by molar-refractivity contribution is 7.98. The molecule has 20 heavy (non-hydrogen) atoms. The molecule has 0 fully saturated rings. The van der Waals surface area contributed by atoms with Crippen molar-refractivity contribution in [3.63, 3.8) is 0 Å². The Morgan fingerprint density at radius 2 is 2.25 bits per heavy atom. The Morgan fingerprint density at radius 1 is 1.35 bits per heavy atom. The molecular formula is C13H10ClN3OS2. The van der Waals surface area contributed by atoms with Crippen LogP contribution < -0.4 is 5.73 Å². The number of thioether (sulfide) groups is 1. The van der Waals surface area contributed by atoms with Crippen LogP contribution in [0.1, 0.15) is 5.82 Å². The lowest BCUT2D eigenvalue weighted by molar-refractivity contribution is 0.425. The summed E-state index contributed by atoms with van der Waals surface area (Å²) >= 11 is 9.16. The van der Waals surface area contributed by atoms with Gasteiger partial charge in [0, 0.05) is 10.3 Å². The second-order valence-electron chi connectivity index (χ2n) is 4.00. The summed E-state index contributed by atoms with van der Waals surface area (Å²) in [5, 5.41) is 8.48. The molecule has 0 radical (unpaired) electrons. The van der Waals surface area contributed by atoms with Crippen molar-refractivity contribution in [2.45, 2.75) is 10.6 Å². The summed E-state index contributed by atoms with van der Waals surface area (Å²) < 4.78 is 5.23. The molecule has 0 bridgehead atoms. The second kappa shape index (κ2) is 5.87. The Labute approximate surface area is 129 Å². The fourth-order valence-electron chi connectivity index (χ4n) is 1.56. The maximum atomic E-state index is 5.98. The van der Waals surface area contributed by atoms with Gasteiger partial charge in [0.2, 0.25) is 0 Å². The molecule has 2 aromatic heterocycles. The summed E-state index contributed by atoms with van der Waals surface area (Å²) in [4.78, 5) is 5.38. The van der Waals surface area contributed by atoms with Gasteiger partial charge in [-0.2, -0.15) is 16.3 Å². The number of nitrogens with zero attached hydrogens (tertiary/aromatic N) is 2. The standard InChI is InChI=1S/C13H10ClN3OS2/c14-10-5-9(1-2-11(10)15)20-7-12-16-13(18-17-12)8-3-4-19-6-8/h1-6H,7,15H2. The third kappa shape index (κ3) is 2.98. The van der Waals surface area contributed by atoms with Crippen LogP contribution in [0.5, 0.6) is 0 Å². The molecule has 0 aliphatic rings. The number of hydrogen-bond acceptors (Lipinski definition) is 6. The summed E-state index contributed by atoms with van der Waals surface area (Å²) in [7, 11) is 0. The minimum Gasteiger partial charge on any atom is -0.398 e. The van der Waals surface area contributed by atoms with Crippen molar-refractivity contribution in [3.05, 3.63) is 45.9 Å². The Kier molecular flexibility index (Phi) is 3.95. The third-order valence-electron chi connectivity index (χ3n) is 2.58. The van der Waals surface area contributed by atoms with Crippen molar-refractivity contribution in [3.8, 4) is 11.5 Å². The van der Waals surface area contributed by atoms with Crippen LogP contribution in [-0.4, -0.2) is 10.1 Å². The summed E-state index contributed by atoms with van der Waals surface area (Å²) in [5.41, 5.74) is 7.21. The highest BCUT2D eigenvalue weighted by atomic mass is 35.5. The Balaban J connectivity index is 1.68. The Morgan fingerprint density at radius 3 is 3.00 bits per heavy atom. The van der Waals surface area contributed by atoms with Crippen LogP contribution in [-0.2, 0) is 5.75 Å². The van der Waals surface area contributed by atoms with Gasteiger partial charge in [-0.05, 0) is 29.6 Å². The lowest BCUT2D eigenvalue weighted by Gasteiger charge is -2.01. The molecule has 0 aliphatic heterocycles. The summed E-state index contributed by atoms with van der Waals surface area (Å²) in [6, 6.07) is 7.50. The zero-order valence-corrected chi connectivity index (χ0v) is 12.6. The molecule has 3 rings (SSSR count). The van der Waals surface area contributed by atoms with E-state index >= 15 is 0 Å². The highest BCUT2D eigenvalue weighted by Gasteiger charge is 2.09. The molecule has 3 aromatic rings. The van der Waals surface area contributed by atoms with Gasteiger partial charge < -0.3 is 10.3 Å². The van der Waals surface area contributed by atoms with Crippen molar-refractivity contribution in [1.82, 2.24) is 10.1 Å². The highest BCUT2D eigenvalue weighted by Crippen LogP contribution is 2.28. The number of benzene rings is 1. The normalized spacial score (nSPS) is 10.8. The predicted molar refractivity (Wildman–Crippen MR) is 83.0 cm³/mol. The van der Waals surface area contributed by atoms with Crippen LogP contribution in [0.25, 0.3) is 11.5 Å². The van der Waals surface area contributed by atoms with Gasteiger partial charge in [0.05, 0.1) is 22.0 Å². The van der Waals surface area contributed by atoms with E-state index in [0.29, 0.717) is 28.2 Å². The van der Waals surface area contributed by atoms with E-state index in [4.69, 9.17) is 21.9 Å². The van der Waals surface area contributed by atoms with Crippen molar-refractivity contribution in [2.24, 2.45) is 0 Å². The second-order valence-corrected chi connectivity index (χ2v) is 6.24. The van der Waals surface area contributed by atoms with Crippen LogP contribution in [0.15, 0.2) is 44.4 Å². The average Bonchev–Trinajstić information content (AvgIpc) is 3.09. The molecule has 2 heterocycles. The number of thiophene rings is 1. The lowest BCUT2D eigenvalue weighted by Crippen LogP contribution is -1.87. The quantitative estimate of drug-likeness (QED) is 0.572. The van der Waals surface area contributed by atoms with E-state index in [1.165, 1.54) is 0 Å². The van der Waals surface area contributed by atoms with Crippen LogP contribution in [0.4, 0.5) is 5.69 Å². The zero-order valence-electron chi connectivity index (χ0n) is 10.2. The van der Waals surface area contributed by atoms with Gasteiger partial charge in [-0.25, -0.2) is 0 Å². The number of rotatable bonds is 4. The van der Waals surface area contributed by atoms with Gasteiger partial charge in [0.15, 0.2) is 5.82 Å². The Hall–Kier alpha value is -1.50.